The monoisotopic (exact) mass is 635 g/mol. The fourth-order valence-electron chi connectivity index (χ4n) is 4.77. The minimum Gasteiger partial charge on any atom is -0.389 e. The Morgan fingerprint density at radius 1 is 0.977 bits per heavy atom. The Bertz CT molecular complexity index is 1220. The second-order valence-corrected chi connectivity index (χ2v) is 12.6. The number of nitrogens with zero attached hydrogens (tertiary/aromatic N) is 1. The van der Waals surface area contributed by atoms with E-state index in [1.807, 2.05) is 27.7 Å². The molecule has 244 valence electrons. The number of hydrogen-bond donors (Lipinski definition) is 3. The Labute approximate surface area is 264 Å². The van der Waals surface area contributed by atoms with Crippen LogP contribution in [0.4, 0.5) is 8.78 Å². The van der Waals surface area contributed by atoms with E-state index in [2.05, 4.69) is 10.6 Å². The number of benzene rings is 2. The Morgan fingerprint density at radius 3 is 2.16 bits per heavy atom. The van der Waals surface area contributed by atoms with Gasteiger partial charge < -0.3 is 25.4 Å². The summed E-state index contributed by atoms with van der Waals surface area (Å²) in [4.78, 5) is 42.0. The van der Waals surface area contributed by atoms with Crippen LogP contribution in [0.2, 0.25) is 0 Å². The predicted molar refractivity (Wildman–Crippen MR) is 171 cm³/mol. The summed E-state index contributed by atoms with van der Waals surface area (Å²) in [5.74, 6) is -2.25. The molecule has 3 amide bonds. The lowest BCUT2D eigenvalue weighted by Gasteiger charge is -2.30. The number of amides is 3. The van der Waals surface area contributed by atoms with Crippen LogP contribution in [-0.2, 0) is 16.0 Å². The topological polar surface area (TPSA) is 108 Å². The number of carbonyl (C=O) groups excluding carboxylic acids is 3. The summed E-state index contributed by atoms with van der Waals surface area (Å²) in [5.41, 5.74) is 1.45. The molecule has 0 aromatic heterocycles. The molecular weight excluding hydrogens is 588 g/mol. The summed E-state index contributed by atoms with van der Waals surface area (Å²) in [6.07, 6.45) is -0.00713. The highest BCUT2D eigenvalue weighted by atomic mass is 32.2. The molecule has 0 aliphatic rings. The molecule has 3 atom stereocenters. The predicted octanol–water partition coefficient (Wildman–Crippen LogP) is 4.76. The van der Waals surface area contributed by atoms with Crippen molar-refractivity contribution in [1.29, 1.82) is 0 Å². The van der Waals surface area contributed by atoms with Gasteiger partial charge in [0.25, 0.3) is 11.8 Å². The number of ether oxygens (including phenoxy) is 1. The molecule has 3 N–H and O–H groups in total. The van der Waals surface area contributed by atoms with Crippen molar-refractivity contribution in [2.75, 3.05) is 39.1 Å². The van der Waals surface area contributed by atoms with Gasteiger partial charge in [-0.15, -0.1) is 11.8 Å². The number of aryl methyl sites for hydroxylation is 1. The van der Waals surface area contributed by atoms with Crippen LogP contribution in [-0.4, -0.2) is 84.2 Å². The van der Waals surface area contributed by atoms with Crippen molar-refractivity contribution in [2.45, 2.75) is 71.3 Å². The van der Waals surface area contributed by atoms with Crippen molar-refractivity contribution >= 4 is 29.5 Å². The van der Waals surface area contributed by atoms with Crippen LogP contribution in [0, 0.1) is 24.5 Å². The van der Waals surface area contributed by atoms with Gasteiger partial charge in [0.1, 0.15) is 16.9 Å². The number of aliphatic hydroxyl groups excluding tert-OH is 1. The van der Waals surface area contributed by atoms with E-state index in [1.54, 1.807) is 24.0 Å². The third-order valence-corrected chi connectivity index (χ3v) is 8.06. The maximum absolute atomic E-state index is 14.1. The van der Waals surface area contributed by atoms with Gasteiger partial charge >= 0.3 is 0 Å². The first-order chi connectivity index (χ1) is 20.9. The minimum absolute atomic E-state index is 0.154. The molecule has 0 radical (unpaired) electrons. The second kappa shape index (κ2) is 18.7. The highest BCUT2D eigenvalue weighted by molar-refractivity contribution is 8.00. The molecule has 8 nitrogen and oxygen atoms in total. The number of carbonyl (C=O) groups is 3. The Hall–Kier alpha value is -3.02. The quantitative estimate of drug-likeness (QED) is 0.204. The van der Waals surface area contributed by atoms with Gasteiger partial charge in [0, 0.05) is 49.7 Å². The molecule has 0 fully saturated rings. The molecule has 0 saturated heterocycles. The number of hydrogen-bond acceptors (Lipinski definition) is 6. The number of nitrogens with one attached hydrogen (secondary N) is 2. The van der Waals surface area contributed by atoms with Crippen molar-refractivity contribution in [1.82, 2.24) is 15.5 Å². The Morgan fingerprint density at radius 2 is 1.59 bits per heavy atom. The largest absolute Gasteiger partial charge is 0.389 e. The fraction of sp³-hybridized carbons (Fsp3) is 0.545. The molecule has 2 aromatic carbocycles. The lowest BCUT2D eigenvalue weighted by molar-refractivity contribution is -0.122. The van der Waals surface area contributed by atoms with Gasteiger partial charge in [-0.05, 0) is 73.6 Å². The third-order valence-electron chi connectivity index (χ3n) is 6.81. The summed E-state index contributed by atoms with van der Waals surface area (Å²) in [6, 6.07) is 6.74. The van der Waals surface area contributed by atoms with E-state index in [9.17, 15) is 28.3 Å². The van der Waals surface area contributed by atoms with Crippen LogP contribution in [0.15, 0.2) is 36.4 Å². The molecule has 0 spiro atoms. The highest BCUT2D eigenvalue weighted by Crippen LogP contribution is 2.22. The molecule has 2 aromatic rings. The van der Waals surface area contributed by atoms with Crippen molar-refractivity contribution < 1.29 is 33.0 Å². The van der Waals surface area contributed by atoms with Crippen LogP contribution < -0.4 is 10.6 Å². The van der Waals surface area contributed by atoms with Crippen LogP contribution in [0.25, 0.3) is 0 Å². The second-order valence-electron chi connectivity index (χ2n) is 11.4. The summed E-state index contributed by atoms with van der Waals surface area (Å²) in [6.45, 7) is 11.5. The average molecular weight is 636 g/mol. The van der Waals surface area contributed by atoms with Crippen LogP contribution >= 0.6 is 11.8 Å². The van der Waals surface area contributed by atoms with Crippen LogP contribution in [0.3, 0.4) is 0 Å². The molecule has 0 bridgehead atoms. The van der Waals surface area contributed by atoms with E-state index in [4.69, 9.17) is 4.74 Å². The van der Waals surface area contributed by atoms with Gasteiger partial charge in [0.05, 0.1) is 18.8 Å². The van der Waals surface area contributed by atoms with Crippen LogP contribution in [0.1, 0.15) is 72.4 Å². The summed E-state index contributed by atoms with van der Waals surface area (Å²) < 4.78 is 33.3. The van der Waals surface area contributed by atoms with Gasteiger partial charge in [0.2, 0.25) is 5.91 Å². The van der Waals surface area contributed by atoms with Gasteiger partial charge in [0.15, 0.2) is 0 Å². The van der Waals surface area contributed by atoms with Gasteiger partial charge in [-0.1, -0.05) is 27.7 Å². The maximum Gasteiger partial charge on any atom is 0.253 e. The Kier molecular flexibility index (Phi) is 15.8. The number of thioether (sulfide) groups is 1. The summed E-state index contributed by atoms with van der Waals surface area (Å²) in [7, 11) is 1.52. The van der Waals surface area contributed by atoms with Crippen molar-refractivity contribution in [3.63, 3.8) is 0 Å². The maximum atomic E-state index is 14.1. The Balaban J connectivity index is 2.46. The van der Waals surface area contributed by atoms with Gasteiger partial charge in [-0.3, -0.25) is 14.4 Å². The molecule has 0 aliphatic heterocycles. The zero-order valence-corrected chi connectivity index (χ0v) is 27.4. The zero-order chi connectivity index (χ0) is 32.8. The van der Waals surface area contributed by atoms with Crippen molar-refractivity contribution in [2.24, 2.45) is 5.92 Å². The van der Waals surface area contributed by atoms with Crippen LogP contribution in [0.5, 0.6) is 0 Å². The number of aliphatic hydroxyl groups is 1. The van der Waals surface area contributed by atoms with E-state index in [1.165, 1.54) is 24.9 Å². The van der Waals surface area contributed by atoms with Crippen molar-refractivity contribution in [3.8, 4) is 0 Å². The molecule has 0 heterocycles. The van der Waals surface area contributed by atoms with E-state index in [0.29, 0.717) is 43.1 Å². The summed E-state index contributed by atoms with van der Waals surface area (Å²) in [5, 5.41) is 16.2. The molecule has 0 aliphatic carbocycles. The highest BCUT2D eigenvalue weighted by Gasteiger charge is 2.35. The normalized spacial score (nSPS) is 13.3. The molecule has 11 heteroatoms. The zero-order valence-electron chi connectivity index (χ0n) is 26.6. The minimum atomic E-state index is -1.44. The SMILES string of the molecule is CCCN(CCC)C(=O)c1cc(C)cc(C(=O)NC(Cc2cc(F)cc(F)c2)C(O)C(SCCOC)C(=O)NCC(C)C)c1. The van der Waals surface area contributed by atoms with Gasteiger partial charge in [-0.2, -0.15) is 0 Å². The van der Waals surface area contributed by atoms with E-state index in [-0.39, 0.29) is 29.4 Å². The molecule has 3 unspecified atom stereocenters. The van der Waals surface area contributed by atoms with E-state index < -0.39 is 40.8 Å². The first kappa shape index (κ1) is 37.2. The van der Waals surface area contributed by atoms with E-state index >= 15 is 0 Å². The first-order valence-electron chi connectivity index (χ1n) is 15.1. The van der Waals surface area contributed by atoms with Gasteiger partial charge in [-0.25, -0.2) is 8.78 Å². The number of rotatable bonds is 18. The lowest BCUT2D eigenvalue weighted by Crippen LogP contribution is -2.53. The molecule has 2 rings (SSSR count). The number of methoxy groups -OCH3 is 1. The first-order valence-corrected chi connectivity index (χ1v) is 16.2. The number of halogens is 2. The fourth-order valence-corrected chi connectivity index (χ4v) is 5.91. The molecule has 44 heavy (non-hydrogen) atoms. The molecule has 0 saturated carbocycles. The standard InChI is InChI=1S/C33H47F2N3O5S/c1-7-9-38(10-8-2)33(42)25-14-22(5)13-24(18-25)31(40)37-28(17-23-15-26(34)19-27(35)16-23)29(39)30(44-12-11-43-6)32(41)36-20-21(3)4/h13-16,18-19,21,28-30,39H,7-12,17,20H2,1-6H3,(H,36,41)(H,37,40). The van der Waals surface area contributed by atoms with Crippen molar-refractivity contribution in [3.05, 3.63) is 70.3 Å². The third kappa shape index (κ3) is 11.8. The average Bonchev–Trinajstić information content (AvgIpc) is 2.96. The molecular formula is C33H47F2N3O5S. The smallest absolute Gasteiger partial charge is 0.253 e. The van der Waals surface area contributed by atoms with E-state index in [0.717, 1.165) is 31.0 Å². The lowest BCUT2D eigenvalue weighted by atomic mass is 9.97. The summed E-state index contributed by atoms with van der Waals surface area (Å²) >= 11 is 1.17.